The van der Waals surface area contributed by atoms with Crippen LogP contribution in [0.2, 0.25) is 0 Å². The van der Waals surface area contributed by atoms with Crippen LogP contribution < -0.4 is 0 Å². The molecule has 0 nitrogen and oxygen atoms in total. The molecule has 1 aromatic carbocycles. The van der Waals surface area contributed by atoms with Crippen molar-refractivity contribution in [3.8, 4) is 0 Å². The summed E-state index contributed by atoms with van der Waals surface area (Å²) in [5.41, 5.74) is 5.12. The Labute approximate surface area is 94.8 Å². The molecule has 0 saturated carbocycles. The maximum atomic E-state index is 2.46. The van der Waals surface area contributed by atoms with Crippen LogP contribution in [0.25, 0.3) is 0 Å². The van der Waals surface area contributed by atoms with Crippen LogP contribution in [0, 0.1) is 6.92 Å². The third kappa shape index (κ3) is 2.11. The highest BCUT2D eigenvalue weighted by atomic mass is 31.1. The molecule has 0 fully saturated rings. The highest BCUT2D eigenvalue weighted by molar-refractivity contribution is 7.56. The van der Waals surface area contributed by atoms with Gasteiger partial charge in [-0.2, -0.15) is 0 Å². The van der Waals surface area contributed by atoms with Crippen molar-refractivity contribution in [2.75, 3.05) is 19.0 Å². The molecular formula is C14H21P. The first-order valence-corrected chi connectivity index (χ1v) is 7.94. The fourth-order valence-electron chi connectivity index (χ4n) is 2.81. The van der Waals surface area contributed by atoms with Gasteiger partial charge in [-0.05, 0) is 54.4 Å². The lowest BCUT2D eigenvalue weighted by Crippen LogP contribution is -2.21. The monoisotopic (exact) mass is 220 g/mol. The molecule has 1 unspecified atom stereocenters. The molecule has 1 heterocycles. The van der Waals surface area contributed by atoms with E-state index in [4.69, 9.17) is 0 Å². The Morgan fingerprint density at radius 3 is 2.73 bits per heavy atom. The van der Waals surface area contributed by atoms with Crippen LogP contribution in [0.5, 0.6) is 0 Å². The quantitative estimate of drug-likeness (QED) is 0.581. The van der Waals surface area contributed by atoms with Crippen LogP contribution in [-0.2, 0) is 11.8 Å². The first kappa shape index (κ1) is 11.1. The number of hydrogen-bond donors (Lipinski definition) is 0. The van der Waals surface area contributed by atoms with E-state index in [0.29, 0.717) is 5.41 Å². The van der Waals surface area contributed by atoms with Crippen LogP contribution in [-0.4, -0.2) is 19.0 Å². The van der Waals surface area contributed by atoms with Crippen molar-refractivity contribution in [2.24, 2.45) is 0 Å². The molecule has 82 valence electrons. The molecule has 0 aliphatic carbocycles. The van der Waals surface area contributed by atoms with Crippen molar-refractivity contribution in [1.29, 1.82) is 0 Å². The van der Waals surface area contributed by atoms with Gasteiger partial charge in [0, 0.05) is 0 Å². The van der Waals surface area contributed by atoms with Crippen LogP contribution in [0.15, 0.2) is 18.2 Å². The topological polar surface area (TPSA) is 0 Å². The van der Waals surface area contributed by atoms with Crippen LogP contribution in [0.3, 0.4) is 0 Å². The Hall–Kier alpha value is -0.350. The van der Waals surface area contributed by atoms with E-state index < -0.39 is 0 Å². The fourth-order valence-corrected chi connectivity index (χ4v) is 5.09. The lowest BCUT2D eigenvalue weighted by molar-refractivity contribution is 0.595. The van der Waals surface area contributed by atoms with Crippen molar-refractivity contribution in [3.63, 3.8) is 0 Å². The smallest absolute Gasteiger partial charge is 0.00616 e. The minimum atomic E-state index is 0.235. The summed E-state index contributed by atoms with van der Waals surface area (Å²) in [5.74, 6) is 0. The normalized spacial score (nSPS) is 24.4. The standard InChI is InChI=1S/C14H21P/c1-11-6-5-7-13-12(11)8-9-15(4)10-14(13,2)3/h5-7H,8-10H2,1-4H3. The molecule has 0 spiro atoms. The Kier molecular flexibility index (Phi) is 2.90. The average Bonchev–Trinajstić information content (AvgIpc) is 2.24. The molecule has 2 rings (SSSR count). The summed E-state index contributed by atoms with van der Waals surface area (Å²) in [4.78, 5) is 0. The van der Waals surface area contributed by atoms with Crippen molar-refractivity contribution >= 4 is 7.92 Å². The van der Waals surface area contributed by atoms with Gasteiger partial charge in [-0.15, -0.1) is 7.92 Å². The highest BCUT2D eigenvalue weighted by Crippen LogP contribution is 2.45. The van der Waals surface area contributed by atoms with E-state index >= 15 is 0 Å². The number of hydrogen-bond acceptors (Lipinski definition) is 0. The van der Waals surface area contributed by atoms with Gasteiger partial charge in [0.25, 0.3) is 0 Å². The Morgan fingerprint density at radius 1 is 1.27 bits per heavy atom. The fraction of sp³-hybridized carbons (Fsp3) is 0.571. The minimum Gasteiger partial charge on any atom is -0.109 e. The van der Waals surface area contributed by atoms with Crippen molar-refractivity contribution in [2.45, 2.75) is 32.6 Å². The summed E-state index contributed by atoms with van der Waals surface area (Å²) >= 11 is 0. The highest BCUT2D eigenvalue weighted by Gasteiger charge is 2.29. The van der Waals surface area contributed by atoms with Gasteiger partial charge < -0.3 is 0 Å². The third-order valence-electron chi connectivity index (χ3n) is 3.55. The van der Waals surface area contributed by atoms with Gasteiger partial charge in [0.15, 0.2) is 0 Å². The van der Waals surface area contributed by atoms with E-state index in [1.807, 2.05) is 0 Å². The molecule has 1 aromatic rings. The molecular weight excluding hydrogens is 199 g/mol. The minimum absolute atomic E-state index is 0.235. The molecule has 1 heteroatoms. The van der Waals surface area contributed by atoms with E-state index in [0.717, 1.165) is 0 Å². The SMILES string of the molecule is Cc1cccc2c1CCP(C)CC2(C)C. The summed E-state index contributed by atoms with van der Waals surface area (Å²) in [7, 11) is 0.235. The van der Waals surface area contributed by atoms with Crippen LogP contribution in [0.4, 0.5) is 0 Å². The van der Waals surface area contributed by atoms with Crippen molar-refractivity contribution < 1.29 is 0 Å². The lowest BCUT2D eigenvalue weighted by atomic mass is 9.81. The van der Waals surface area contributed by atoms with E-state index in [9.17, 15) is 0 Å². The van der Waals surface area contributed by atoms with E-state index in [-0.39, 0.29) is 7.92 Å². The molecule has 0 amide bonds. The zero-order chi connectivity index (χ0) is 11.1. The summed E-state index contributed by atoms with van der Waals surface area (Å²) < 4.78 is 0. The first-order valence-electron chi connectivity index (χ1n) is 5.78. The third-order valence-corrected chi connectivity index (χ3v) is 5.87. The number of fused-ring (bicyclic) bond motifs is 1. The van der Waals surface area contributed by atoms with Gasteiger partial charge in [-0.3, -0.25) is 0 Å². The maximum Gasteiger partial charge on any atom is -0.00616 e. The van der Waals surface area contributed by atoms with Gasteiger partial charge in [0.05, 0.1) is 0 Å². The van der Waals surface area contributed by atoms with Gasteiger partial charge in [-0.1, -0.05) is 32.0 Å². The second kappa shape index (κ2) is 3.91. The predicted octanol–water partition coefficient (Wildman–Crippen LogP) is 3.94. The van der Waals surface area contributed by atoms with E-state index in [1.165, 1.54) is 24.3 Å². The molecule has 0 aromatic heterocycles. The van der Waals surface area contributed by atoms with Crippen molar-refractivity contribution in [1.82, 2.24) is 0 Å². The number of aryl methyl sites for hydroxylation is 1. The summed E-state index contributed by atoms with van der Waals surface area (Å²) in [5, 5.41) is 0. The largest absolute Gasteiger partial charge is 0.109 e. The molecule has 1 aliphatic rings. The Morgan fingerprint density at radius 2 is 2.00 bits per heavy atom. The van der Waals surface area contributed by atoms with Gasteiger partial charge in [-0.25, -0.2) is 0 Å². The molecule has 0 bridgehead atoms. The first-order chi connectivity index (χ1) is 7.00. The van der Waals surface area contributed by atoms with Gasteiger partial charge in [0.2, 0.25) is 0 Å². The summed E-state index contributed by atoms with van der Waals surface area (Å²) in [6, 6.07) is 6.83. The summed E-state index contributed by atoms with van der Waals surface area (Å²) in [6.45, 7) is 9.54. The molecule has 1 aliphatic heterocycles. The zero-order valence-corrected chi connectivity index (χ0v) is 11.2. The lowest BCUT2D eigenvalue weighted by Gasteiger charge is -2.27. The number of benzene rings is 1. The Balaban J connectivity index is 2.53. The van der Waals surface area contributed by atoms with Gasteiger partial charge in [0.1, 0.15) is 0 Å². The predicted molar refractivity (Wildman–Crippen MR) is 70.5 cm³/mol. The summed E-state index contributed by atoms with van der Waals surface area (Å²) in [6.07, 6.45) is 4.10. The molecule has 1 atom stereocenters. The van der Waals surface area contributed by atoms with E-state index in [2.05, 4.69) is 45.6 Å². The van der Waals surface area contributed by atoms with Crippen molar-refractivity contribution in [3.05, 3.63) is 34.9 Å². The van der Waals surface area contributed by atoms with Crippen LogP contribution >= 0.6 is 7.92 Å². The second-order valence-electron chi connectivity index (χ2n) is 5.47. The Bertz CT molecular complexity index is 366. The maximum absolute atomic E-state index is 2.46. The average molecular weight is 220 g/mol. The molecule has 0 N–H and O–H groups in total. The van der Waals surface area contributed by atoms with E-state index in [1.54, 1.807) is 11.1 Å². The zero-order valence-electron chi connectivity index (χ0n) is 10.3. The molecule has 0 radical (unpaired) electrons. The molecule has 15 heavy (non-hydrogen) atoms. The van der Waals surface area contributed by atoms with Gasteiger partial charge >= 0.3 is 0 Å². The number of rotatable bonds is 0. The second-order valence-corrected chi connectivity index (χ2v) is 7.95. The molecule has 0 saturated heterocycles. The van der Waals surface area contributed by atoms with Crippen LogP contribution in [0.1, 0.15) is 30.5 Å².